The summed E-state index contributed by atoms with van der Waals surface area (Å²) < 4.78 is 6.97. The molecule has 1 saturated carbocycles. The number of rotatable bonds is 9. The highest BCUT2D eigenvalue weighted by Crippen LogP contribution is 2.42. The molecule has 1 N–H and O–H groups in total. The molecule has 3 heterocycles. The predicted octanol–water partition coefficient (Wildman–Crippen LogP) is 4.98. The molecular weight excluding hydrogens is 464 g/mol. The SMILES string of the molecule is CC(C)C[C@H]1CCCN1Cc1c(C2CC2)cc(Cl)c(=O)n1CCc1ccc(-c2n[nH]c(=O)o2)cc1. The molecule has 1 saturated heterocycles. The molecular formula is C27H33ClN4O3. The van der Waals surface area contributed by atoms with Crippen molar-refractivity contribution in [2.45, 2.75) is 77.4 Å². The van der Waals surface area contributed by atoms with Crippen molar-refractivity contribution in [2.75, 3.05) is 6.54 Å². The maximum absolute atomic E-state index is 13.2. The van der Waals surface area contributed by atoms with Crippen LogP contribution in [0.15, 0.2) is 44.3 Å². The highest BCUT2D eigenvalue weighted by molar-refractivity contribution is 6.30. The second-order valence-corrected chi connectivity index (χ2v) is 10.8. The number of hydrogen-bond acceptors (Lipinski definition) is 5. The quantitative estimate of drug-likeness (QED) is 0.452. The van der Waals surface area contributed by atoms with Gasteiger partial charge in [0.1, 0.15) is 5.02 Å². The van der Waals surface area contributed by atoms with Crippen molar-refractivity contribution in [2.24, 2.45) is 5.92 Å². The number of hydrogen-bond donors (Lipinski definition) is 1. The lowest BCUT2D eigenvalue weighted by atomic mass is 10.0. The van der Waals surface area contributed by atoms with E-state index in [4.69, 9.17) is 16.0 Å². The standard InChI is InChI=1S/C27H33ClN4O3/c1-17(2)14-21-4-3-12-31(21)16-24-22(19-9-10-19)15-23(28)26(33)32(24)13-11-18-5-7-20(8-6-18)25-29-30-27(34)35-25/h5-8,15,17,19,21H,3-4,9-14,16H2,1-2H3,(H,30,34)/t21-/m1/s1. The van der Waals surface area contributed by atoms with Crippen LogP contribution < -0.4 is 11.3 Å². The second kappa shape index (κ2) is 10.2. The third-order valence-corrected chi connectivity index (χ3v) is 7.54. The summed E-state index contributed by atoms with van der Waals surface area (Å²) >= 11 is 6.46. The van der Waals surface area contributed by atoms with Gasteiger partial charge in [0, 0.05) is 30.4 Å². The van der Waals surface area contributed by atoms with Gasteiger partial charge in [0.2, 0.25) is 5.89 Å². The number of nitrogens with zero attached hydrogens (tertiary/aromatic N) is 3. The van der Waals surface area contributed by atoms with Gasteiger partial charge in [-0.15, -0.1) is 5.10 Å². The Bertz CT molecular complexity index is 1290. The lowest BCUT2D eigenvalue weighted by Gasteiger charge is -2.28. The lowest BCUT2D eigenvalue weighted by molar-refractivity contribution is 0.211. The minimum Gasteiger partial charge on any atom is -0.388 e. The number of pyridine rings is 1. The summed E-state index contributed by atoms with van der Waals surface area (Å²) in [7, 11) is 0. The van der Waals surface area contributed by atoms with Crippen molar-refractivity contribution in [1.29, 1.82) is 0 Å². The molecule has 2 aromatic heterocycles. The highest BCUT2D eigenvalue weighted by atomic mass is 35.5. The minimum absolute atomic E-state index is 0.0967. The second-order valence-electron chi connectivity index (χ2n) is 10.4. The summed E-state index contributed by atoms with van der Waals surface area (Å²) in [5.74, 6) is 0.874. The molecule has 5 rings (SSSR count). The van der Waals surface area contributed by atoms with E-state index < -0.39 is 5.76 Å². The zero-order chi connectivity index (χ0) is 24.5. The van der Waals surface area contributed by atoms with Gasteiger partial charge in [-0.1, -0.05) is 37.6 Å². The predicted molar refractivity (Wildman–Crippen MR) is 137 cm³/mol. The largest absolute Gasteiger partial charge is 0.434 e. The molecule has 0 radical (unpaired) electrons. The maximum Gasteiger partial charge on any atom is 0.434 e. The summed E-state index contributed by atoms with van der Waals surface area (Å²) in [6.07, 6.45) is 6.69. The molecule has 7 nitrogen and oxygen atoms in total. The Morgan fingerprint density at radius 1 is 1.17 bits per heavy atom. The summed E-state index contributed by atoms with van der Waals surface area (Å²) in [5.41, 5.74) is 4.13. The zero-order valence-corrected chi connectivity index (χ0v) is 21.2. The van der Waals surface area contributed by atoms with Crippen LogP contribution in [0.4, 0.5) is 0 Å². The summed E-state index contributed by atoms with van der Waals surface area (Å²) in [4.78, 5) is 27.0. The fourth-order valence-corrected chi connectivity index (χ4v) is 5.58. The van der Waals surface area contributed by atoms with Crippen molar-refractivity contribution in [3.63, 3.8) is 0 Å². The number of H-pyrrole nitrogens is 1. The first kappa shape index (κ1) is 24.1. The molecule has 2 aliphatic rings. The Balaban J connectivity index is 1.40. The van der Waals surface area contributed by atoms with E-state index in [2.05, 4.69) is 28.9 Å². The average molecular weight is 497 g/mol. The van der Waals surface area contributed by atoms with Gasteiger partial charge in [-0.05, 0) is 86.2 Å². The molecule has 0 bridgehead atoms. The molecule has 0 amide bonds. The van der Waals surface area contributed by atoms with Crippen LogP contribution in [0.25, 0.3) is 11.5 Å². The van der Waals surface area contributed by atoms with Crippen LogP contribution in [0.5, 0.6) is 0 Å². The number of benzene rings is 1. The normalized spacial score (nSPS) is 18.6. The monoisotopic (exact) mass is 496 g/mol. The van der Waals surface area contributed by atoms with E-state index in [1.54, 1.807) is 0 Å². The van der Waals surface area contributed by atoms with Gasteiger partial charge in [0.15, 0.2) is 0 Å². The van der Waals surface area contributed by atoms with Gasteiger partial charge < -0.3 is 8.98 Å². The molecule has 1 aliphatic heterocycles. The first-order valence-corrected chi connectivity index (χ1v) is 13.1. The van der Waals surface area contributed by atoms with Crippen molar-refractivity contribution in [3.05, 3.63) is 73.1 Å². The van der Waals surface area contributed by atoms with E-state index in [1.807, 2.05) is 34.9 Å². The van der Waals surface area contributed by atoms with E-state index in [0.717, 1.165) is 29.9 Å². The smallest absolute Gasteiger partial charge is 0.388 e. The molecule has 1 atom stereocenters. The number of likely N-dealkylation sites (tertiary alicyclic amines) is 1. The Morgan fingerprint density at radius 3 is 2.60 bits per heavy atom. The molecule has 8 heteroatoms. The van der Waals surface area contributed by atoms with Crippen LogP contribution in [0.3, 0.4) is 0 Å². The van der Waals surface area contributed by atoms with Crippen LogP contribution in [0.2, 0.25) is 5.02 Å². The molecule has 35 heavy (non-hydrogen) atoms. The van der Waals surface area contributed by atoms with E-state index in [9.17, 15) is 9.59 Å². The van der Waals surface area contributed by atoms with Crippen LogP contribution in [-0.2, 0) is 19.5 Å². The Hall–Kier alpha value is -2.64. The van der Waals surface area contributed by atoms with Gasteiger partial charge >= 0.3 is 5.76 Å². The number of halogens is 1. The van der Waals surface area contributed by atoms with Gasteiger partial charge in [-0.3, -0.25) is 9.69 Å². The molecule has 0 unspecified atom stereocenters. The number of nitrogens with one attached hydrogen (secondary N) is 1. The number of aromatic amines is 1. The van der Waals surface area contributed by atoms with Crippen molar-refractivity contribution >= 4 is 11.6 Å². The van der Waals surface area contributed by atoms with Gasteiger partial charge in [0.05, 0.1) is 0 Å². The van der Waals surface area contributed by atoms with Crippen LogP contribution in [0.1, 0.15) is 68.7 Å². The molecule has 3 aromatic rings. The topological polar surface area (TPSA) is 84.1 Å². The Kier molecular flexibility index (Phi) is 6.98. The van der Waals surface area contributed by atoms with Crippen molar-refractivity contribution in [3.8, 4) is 11.5 Å². The third kappa shape index (κ3) is 5.46. The molecule has 186 valence electrons. The zero-order valence-electron chi connectivity index (χ0n) is 20.4. The van der Waals surface area contributed by atoms with E-state index in [-0.39, 0.29) is 11.4 Å². The fourth-order valence-electron chi connectivity index (χ4n) is 5.36. The minimum atomic E-state index is -0.572. The van der Waals surface area contributed by atoms with Crippen molar-refractivity contribution < 1.29 is 4.42 Å². The maximum atomic E-state index is 13.2. The molecule has 1 aromatic carbocycles. The van der Waals surface area contributed by atoms with E-state index in [0.29, 0.717) is 35.9 Å². The van der Waals surface area contributed by atoms with E-state index in [1.165, 1.54) is 37.7 Å². The van der Waals surface area contributed by atoms with Crippen molar-refractivity contribution in [1.82, 2.24) is 19.7 Å². The Morgan fingerprint density at radius 2 is 1.94 bits per heavy atom. The number of aryl methyl sites for hydroxylation is 1. The summed E-state index contributed by atoms with van der Waals surface area (Å²) in [6, 6.07) is 10.3. The molecule has 2 fully saturated rings. The number of aromatic nitrogens is 3. The highest BCUT2D eigenvalue weighted by Gasteiger charge is 2.32. The van der Waals surface area contributed by atoms with Gasteiger partial charge in [-0.2, -0.15) is 0 Å². The van der Waals surface area contributed by atoms with E-state index >= 15 is 0 Å². The van der Waals surface area contributed by atoms with Gasteiger partial charge in [0.25, 0.3) is 5.56 Å². The van der Waals surface area contributed by atoms with Crippen LogP contribution >= 0.6 is 11.6 Å². The summed E-state index contributed by atoms with van der Waals surface area (Å²) in [6.45, 7) is 7.05. The third-order valence-electron chi connectivity index (χ3n) is 7.27. The first-order valence-electron chi connectivity index (χ1n) is 12.7. The average Bonchev–Trinajstić information content (AvgIpc) is 3.45. The molecule has 1 aliphatic carbocycles. The van der Waals surface area contributed by atoms with Crippen LogP contribution in [0, 0.1) is 5.92 Å². The summed E-state index contributed by atoms with van der Waals surface area (Å²) in [5, 5.41) is 6.48. The first-order chi connectivity index (χ1) is 16.9. The lowest BCUT2D eigenvalue weighted by Crippen LogP contribution is -2.35. The van der Waals surface area contributed by atoms with Crippen LogP contribution in [-0.4, -0.2) is 32.3 Å². The van der Waals surface area contributed by atoms with Gasteiger partial charge in [-0.25, -0.2) is 9.89 Å². The fraction of sp³-hybridized carbons (Fsp3) is 0.519. The Labute approximate surface area is 210 Å². The molecule has 0 spiro atoms.